The van der Waals surface area contributed by atoms with Gasteiger partial charge in [0.2, 0.25) is 0 Å². The normalized spacial score (nSPS) is 12.4. The minimum Gasteiger partial charge on any atom is -0.313 e. The van der Waals surface area contributed by atoms with Gasteiger partial charge in [0.15, 0.2) is 0 Å². The van der Waals surface area contributed by atoms with Crippen LogP contribution in [0.1, 0.15) is 17.2 Å². The van der Waals surface area contributed by atoms with Gasteiger partial charge in [-0.25, -0.2) is 0 Å². The summed E-state index contributed by atoms with van der Waals surface area (Å²) >= 11 is 18.0. The maximum atomic E-state index is 6.04. The topological polar surface area (TPSA) is 12.0 Å². The van der Waals surface area contributed by atoms with E-state index in [4.69, 9.17) is 34.8 Å². The lowest BCUT2D eigenvalue weighted by Gasteiger charge is -2.17. The van der Waals surface area contributed by atoms with Crippen LogP contribution in [0.15, 0.2) is 42.5 Å². The molecule has 0 radical (unpaired) electrons. The second kappa shape index (κ2) is 6.62. The lowest BCUT2D eigenvalue weighted by molar-refractivity contribution is 0.592. The van der Waals surface area contributed by atoms with Crippen molar-refractivity contribution >= 4 is 34.8 Å². The molecule has 100 valence electrons. The largest absolute Gasteiger partial charge is 0.313 e. The highest BCUT2D eigenvalue weighted by Gasteiger charge is 2.11. The molecule has 2 rings (SSSR count). The molecular formula is C15H14Cl3N. The van der Waals surface area contributed by atoms with E-state index in [1.807, 2.05) is 43.4 Å². The number of hydrogen-bond donors (Lipinski definition) is 1. The SMILES string of the molecule is CNC(Cc1ccc(Cl)c(Cl)c1)c1cccc(Cl)c1. The summed E-state index contributed by atoms with van der Waals surface area (Å²) in [6.07, 6.45) is 0.827. The Morgan fingerprint density at radius 2 is 1.79 bits per heavy atom. The van der Waals surface area contributed by atoms with Crippen molar-refractivity contribution in [2.75, 3.05) is 7.05 Å². The molecule has 19 heavy (non-hydrogen) atoms. The number of benzene rings is 2. The standard InChI is InChI=1S/C15H14Cl3N/c1-19-15(11-3-2-4-12(16)9-11)8-10-5-6-13(17)14(18)7-10/h2-7,9,15,19H,8H2,1H3. The van der Waals surface area contributed by atoms with Gasteiger partial charge >= 0.3 is 0 Å². The second-order valence-electron chi connectivity index (χ2n) is 4.35. The van der Waals surface area contributed by atoms with Crippen molar-refractivity contribution < 1.29 is 0 Å². The van der Waals surface area contributed by atoms with Gasteiger partial charge in [0.1, 0.15) is 0 Å². The van der Waals surface area contributed by atoms with Crippen LogP contribution >= 0.6 is 34.8 Å². The molecule has 4 heteroatoms. The van der Waals surface area contributed by atoms with Gasteiger partial charge in [-0.15, -0.1) is 0 Å². The van der Waals surface area contributed by atoms with E-state index >= 15 is 0 Å². The molecule has 0 spiro atoms. The monoisotopic (exact) mass is 313 g/mol. The van der Waals surface area contributed by atoms with Crippen LogP contribution in [0, 0.1) is 0 Å². The average Bonchev–Trinajstić information content (AvgIpc) is 2.40. The van der Waals surface area contributed by atoms with Crippen LogP contribution < -0.4 is 5.32 Å². The Bertz CT molecular complexity index is 569. The summed E-state index contributed by atoms with van der Waals surface area (Å²) in [6, 6.07) is 13.8. The Balaban J connectivity index is 2.21. The first-order chi connectivity index (χ1) is 9.10. The Morgan fingerprint density at radius 3 is 2.42 bits per heavy atom. The summed E-state index contributed by atoms with van der Waals surface area (Å²) in [5.41, 5.74) is 2.29. The van der Waals surface area contributed by atoms with Crippen LogP contribution in [0.3, 0.4) is 0 Å². The van der Waals surface area contributed by atoms with E-state index in [1.54, 1.807) is 0 Å². The second-order valence-corrected chi connectivity index (χ2v) is 5.60. The average molecular weight is 315 g/mol. The summed E-state index contributed by atoms with van der Waals surface area (Å²) in [7, 11) is 1.93. The minimum absolute atomic E-state index is 0.191. The van der Waals surface area contributed by atoms with Crippen molar-refractivity contribution in [3.63, 3.8) is 0 Å². The van der Waals surface area contributed by atoms with Crippen LogP contribution in [0.25, 0.3) is 0 Å². The van der Waals surface area contributed by atoms with E-state index in [0.717, 1.165) is 22.6 Å². The van der Waals surface area contributed by atoms with Gasteiger partial charge in [-0.05, 0) is 48.9 Å². The first-order valence-electron chi connectivity index (χ1n) is 5.97. The molecule has 0 heterocycles. The number of rotatable bonds is 4. The molecule has 1 nitrogen and oxygen atoms in total. The van der Waals surface area contributed by atoms with Gasteiger partial charge in [0.25, 0.3) is 0 Å². The molecule has 0 fully saturated rings. The molecule has 1 N–H and O–H groups in total. The van der Waals surface area contributed by atoms with Crippen LogP contribution in [0.4, 0.5) is 0 Å². The lowest BCUT2D eigenvalue weighted by atomic mass is 9.99. The highest BCUT2D eigenvalue weighted by molar-refractivity contribution is 6.42. The molecule has 0 amide bonds. The van der Waals surface area contributed by atoms with E-state index in [-0.39, 0.29) is 6.04 Å². The van der Waals surface area contributed by atoms with Gasteiger partial charge in [0, 0.05) is 11.1 Å². The predicted molar refractivity (Wildman–Crippen MR) is 83.4 cm³/mol. The van der Waals surface area contributed by atoms with Crippen LogP contribution in [0.5, 0.6) is 0 Å². The van der Waals surface area contributed by atoms with Gasteiger partial charge in [-0.3, -0.25) is 0 Å². The smallest absolute Gasteiger partial charge is 0.0595 e. The third kappa shape index (κ3) is 3.87. The first-order valence-corrected chi connectivity index (χ1v) is 7.10. The highest BCUT2D eigenvalue weighted by Crippen LogP contribution is 2.26. The molecule has 0 saturated heterocycles. The summed E-state index contributed by atoms with van der Waals surface area (Å²) in [5, 5.41) is 5.20. The van der Waals surface area contributed by atoms with Gasteiger partial charge in [-0.1, -0.05) is 53.0 Å². The maximum Gasteiger partial charge on any atom is 0.0595 e. The van der Waals surface area contributed by atoms with E-state index in [9.17, 15) is 0 Å². The van der Waals surface area contributed by atoms with Crippen molar-refractivity contribution in [1.29, 1.82) is 0 Å². The minimum atomic E-state index is 0.191. The predicted octanol–water partition coefficient (Wildman–Crippen LogP) is 5.15. The zero-order valence-corrected chi connectivity index (χ0v) is 12.7. The fourth-order valence-electron chi connectivity index (χ4n) is 2.01. The first kappa shape index (κ1) is 14.7. The van der Waals surface area contributed by atoms with E-state index in [2.05, 4.69) is 11.4 Å². The van der Waals surface area contributed by atoms with Gasteiger partial charge in [0.05, 0.1) is 10.0 Å². The van der Waals surface area contributed by atoms with Crippen molar-refractivity contribution in [2.45, 2.75) is 12.5 Å². The summed E-state index contributed by atoms with van der Waals surface area (Å²) in [4.78, 5) is 0. The maximum absolute atomic E-state index is 6.04. The number of nitrogens with one attached hydrogen (secondary N) is 1. The number of halogens is 3. The molecule has 0 saturated carbocycles. The molecule has 2 aromatic rings. The number of likely N-dealkylation sites (N-methyl/N-ethyl adjacent to an activating group) is 1. The zero-order valence-electron chi connectivity index (χ0n) is 10.5. The summed E-state index contributed by atoms with van der Waals surface area (Å²) < 4.78 is 0. The third-order valence-electron chi connectivity index (χ3n) is 3.02. The molecule has 2 aromatic carbocycles. The molecule has 0 aliphatic rings. The molecule has 0 aliphatic carbocycles. The van der Waals surface area contributed by atoms with Gasteiger partial charge in [-0.2, -0.15) is 0 Å². The Labute approximate surface area is 128 Å². The van der Waals surface area contributed by atoms with Crippen LogP contribution in [-0.2, 0) is 6.42 Å². The Kier molecular flexibility index (Phi) is 5.12. The van der Waals surface area contributed by atoms with E-state index in [1.165, 1.54) is 0 Å². The van der Waals surface area contributed by atoms with Gasteiger partial charge < -0.3 is 5.32 Å². The summed E-state index contributed by atoms with van der Waals surface area (Å²) in [6.45, 7) is 0. The summed E-state index contributed by atoms with van der Waals surface area (Å²) in [5.74, 6) is 0. The molecule has 1 atom stereocenters. The highest BCUT2D eigenvalue weighted by atomic mass is 35.5. The fraction of sp³-hybridized carbons (Fsp3) is 0.200. The van der Waals surface area contributed by atoms with Crippen molar-refractivity contribution in [3.8, 4) is 0 Å². The Hall–Kier alpha value is -0.730. The van der Waals surface area contributed by atoms with Crippen molar-refractivity contribution in [2.24, 2.45) is 0 Å². The van der Waals surface area contributed by atoms with Crippen LogP contribution in [-0.4, -0.2) is 7.05 Å². The lowest BCUT2D eigenvalue weighted by Crippen LogP contribution is -2.18. The van der Waals surface area contributed by atoms with E-state index < -0.39 is 0 Å². The van der Waals surface area contributed by atoms with Crippen molar-refractivity contribution in [1.82, 2.24) is 5.32 Å². The third-order valence-corrected chi connectivity index (χ3v) is 4.00. The molecule has 0 aliphatic heterocycles. The molecule has 0 bridgehead atoms. The molecule has 0 aromatic heterocycles. The molecular weight excluding hydrogens is 301 g/mol. The number of hydrogen-bond acceptors (Lipinski definition) is 1. The quantitative estimate of drug-likeness (QED) is 0.823. The molecule has 1 unspecified atom stereocenters. The van der Waals surface area contributed by atoms with E-state index in [0.29, 0.717) is 10.0 Å². The Morgan fingerprint density at radius 1 is 1.00 bits per heavy atom. The van der Waals surface area contributed by atoms with Crippen molar-refractivity contribution in [3.05, 3.63) is 68.7 Å². The fourth-order valence-corrected chi connectivity index (χ4v) is 2.53. The zero-order chi connectivity index (χ0) is 13.8. The van der Waals surface area contributed by atoms with Crippen LogP contribution in [0.2, 0.25) is 15.1 Å².